The second-order valence-electron chi connectivity index (χ2n) is 5.70. The second-order valence-corrected chi connectivity index (χ2v) is 6.66. The maximum absolute atomic E-state index is 12.1. The lowest BCUT2D eigenvalue weighted by Gasteiger charge is -2.09. The highest BCUT2D eigenvalue weighted by atomic mass is 31.1. The van der Waals surface area contributed by atoms with Gasteiger partial charge in [0, 0.05) is 9.95 Å². The smallest absolute Gasteiger partial charge is 0.464 e. The van der Waals surface area contributed by atoms with Crippen molar-refractivity contribution < 1.29 is 18.6 Å². The summed E-state index contributed by atoms with van der Waals surface area (Å²) in [6.07, 6.45) is 0. The first-order valence-electron chi connectivity index (χ1n) is 7.53. The van der Waals surface area contributed by atoms with Gasteiger partial charge in [-0.2, -0.15) is 0 Å². The normalized spacial score (nSPS) is 13.0. The highest BCUT2D eigenvalue weighted by Crippen LogP contribution is 2.31. The first-order valence-corrected chi connectivity index (χ1v) is 8.71. The molecule has 23 heavy (non-hydrogen) atoms. The number of carbonyl (C=O) groups is 1. The summed E-state index contributed by atoms with van der Waals surface area (Å²) >= 11 is 0. The number of esters is 1. The molecule has 0 spiro atoms. The average molecular weight is 334 g/mol. The number of rotatable bonds is 7. The zero-order chi connectivity index (χ0) is 16.8. The second kappa shape index (κ2) is 8.04. The van der Waals surface area contributed by atoms with E-state index in [9.17, 15) is 9.36 Å². The Morgan fingerprint density at radius 1 is 1.13 bits per heavy atom. The van der Waals surface area contributed by atoms with E-state index in [4.69, 9.17) is 9.26 Å². The van der Waals surface area contributed by atoms with Crippen molar-refractivity contribution in [3.05, 3.63) is 42.5 Å². The quantitative estimate of drug-likeness (QED) is 0.611. The van der Waals surface area contributed by atoms with Crippen LogP contribution in [-0.4, -0.2) is 18.6 Å². The Kier molecular flexibility index (Phi) is 6.08. The molecule has 6 heteroatoms. The molecule has 0 saturated carbocycles. The van der Waals surface area contributed by atoms with Gasteiger partial charge in [-0.05, 0) is 24.3 Å². The molecule has 0 saturated heterocycles. The first kappa shape index (κ1) is 17.4. The fourth-order valence-electron chi connectivity index (χ4n) is 1.98. The maximum atomic E-state index is 12.1. The lowest BCUT2D eigenvalue weighted by atomic mass is 10.1. The number of benzene rings is 2. The van der Waals surface area contributed by atoms with Crippen LogP contribution in [-0.2, 0) is 14.1 Å². The van der Waals surface area contributed by atoms with Crippen molar-refractivity contribution in [1.29, 1.82) is 0 Å². The number of hydrogen-bond donors (Lipinski definition) is 1. The van der Waals surface area contributed by atoms with E-state index >= 15 is 0 Å². The van der Waals surface area contributed by atoms with Crippen LogP contribution in [0.25, 0.3) is 10.8 Å². The first-order chi connectivity index (χ1) is 11.0. The Bertz CT molecular complexity index is 697. The van der Waals surface area contributed by atoms with Crippen molar-refractivity contribution in [2.24, 2.45) is 5.92 Å². The molecule has 1 N–H and O–H groups in total. The zero-order valence-electron chi connectivity index (χ0n) is 13.5. The van der Waals surface area contributed by atoms with Gasteiger partial charge in [0.15, 0.2) is 5.75 Å². The Morgan fingerprint density at radius 2 is 1.83 bits per heavy atom. The van der Waals surface area contributed by atoms with Crippen LogP contribution >= 0.6 is 8.18 Å². The molecular formula is C17H21NO4P+. The van der Waals surface area contributed by atoms with Crippen molar-refractivity contribution in [3.8, 4) is 5.75 Å². The monoisotopic (exact) mass is 334 g/mol. The van der Waals surface area contributed by atoms with Crippen molar-refractivity contribution in [1.82, 2.24) is 5.09 Å². The fraction of sp³-hybridized carbons (Fsp3) is 0.353. The summed E-state index contributed by atoms with van der Waals surface area (Å²) in [6, 6.07) is 12.5. The summed E-state index contributed by atoms with van der Waals surface area (Å²) in [6.45, 7) is 5.85. The lowest BCUT2D eigenvalue weighted by Crippen LogP contribution is -2.32. The molecule has 2 atom stereocenters. The van der Waals surface area contributed by atoms with Gasteiger partial charge in [-0.15, -0.1) is 0 Å². The van der Waals surface area contributed by atoms with Gasteiger partial charge in [0.05, 0.1) is 6.61 Å². The van der Waals surface area contributed by atoms with E-state index in [0.717, 1.165) is 10.8 Å². The number of hydrogen-bond acceptors (Lipinski definition) is 4. The Balaban J connectivity index is 1.97. The third-order valence-electron chi connectivity index (χ3n) is 3.14. The van der Waals surface area contributed by atoms with E-state index in [-0.39, 0.29) is 5.92 Å². The SMILES string of the molecule is CC(C)COC(=O)[C@H](C)N[P+](=O)Oc1cccc2ccccc12. The van der Waals surface area contributed by atoms with Gasteiger partial charge in [-0.1, -0.05) is 55.3 Å². The fourth-order valence-corrected chi connectivity index (χ4v) is 2.79. The van der Waals surface area contributed by atoms with Gasteiger partial charge in [0.25, 0.3) is 0 Å². The van der Waals surface area contributed by atoms with E-state index in [1.54, 1.807) is 13.0 Å². The predicted molar refractivity (Wildman–Crippen MR) is 90.6 cm³/mol. The van der Waals surface area contributed by atoms with E-state index in [0.29, 0.717) is 12.4 Å². The van der Waals surface area contributed by atoms with E-state index < -0.39 is 20.2 Å². The van der Waals surface area contributed by atoms with Gasteiger partial charge >= 0.3 is 14.1 Å². The topological polar surface area (TPSA) is 64.6 Å². The van der Waals surface area contributed by atoms with Gasteiger partial charge in [0.2, 0.25) is 0 Å². The molecule has 0 radical (unpaired) electrons. The minimum Gasteiger partial charge on any atom is -0.464 e. The number of ether oxygens (including phenoxy) is 1. The van der Waals surface area contributed by atoms with Crippen LogP contribution in [0.4, 0.5) is 0 Å². The minimum atomic E-state index is -2.23. The summed E-state index contributed by atoms with van der Waals surface area (Å²) < 4.78 is 22.7. The van der Waals surface area contributed by atoms with Crippen LogP contribution in [0.5, 0.6) is 5.75 Å². The van der Waals surface area contributed by atoms with Crippen molar-refractivity contribution >= 4 is 24.9 Å². The van der Waals surface area contributed by atoms with Crippen LogP contribution < -0.4 is 9.61 Å². The Hall–Kier alpha value is -1.97. The summed E-state index contributed by atoms with van der Waals surface area (Å²) in [7, 11) is -2.23. The van der Waals surface area contributed by atoms with Crippen molar-refractivity contribution in [2.45, 2.75) is 26.8 Å². The average Bonchev–Trinajstić information content (AvgIpc) is 2.52. The van der Waals surface area contributed by atoms with Crippen LogP contribution in [0.2, 0.25) is 0 Å². The highest BCUT2D eigenvalue weighted by Gasteiger charge is 2.29. The maximum Gasteiger partial charge on any atom is 0.664 e. The molecule has 2 aromatic carbocycles. The number of fused-ring (bicyclic) bond motifs is 1. The summed E-state index contributed by atoms with van der Waals surface area (Å²) in [4.78, 5) is 11.8. The molecule has 0 heterocycles. The molecule has 5 nitrogen and oxygen atoms in total. The van der Waals surface area contributed by atoms with Crippen LogP contribution in [0.1, 0.15) is 20.8 Å². The van der Waals surface area contributed by atoms with Crippen LogP contribution in [0, 0.1) is 5.92 Å². The van der Waals surface area contributed by atoms with E-state index in [2.05, 4.69) is 5.09 Å². The molecular weight excluding hydrogens is 313 g/mol. The van der Waals surface area contributed by atoms with E-state index in [1.165, 1.54) is 0 Å². The summed E-state index contributed by atoms with van der Waals surface area (Å²) in [5, 5.41) is 4.50. The molecule has 1 unspecified atom stereocenters. The molecule has 2 rings (SSSR count). The van der Waals surface area contributed by atoms with Gasteiger partial charge < -0.3 is 4.74 Å². The van der Waals surface area contributed by atoms with Crippen molar-refractivity contribution in [3.63, 3.8) is 0 Å². The zero-order valence-corrected chi connectivity index (χ0v) is 14.4. The van der Waals surface area contributed by atoms with Crippen LogP contribution in [0.3, 0.4) is 0 Å². The minimum absolute atomic E-state index is 0.256. The predicted octanol–water partition coefficient (Wildman–Crippen LogP) is 4.05. The van der Waals surface area contributed by atoms with Gasteiger partial charge in [-0.25, -0.2) is 4.52 Å². The molecule has 0 aromatic heterocycles. The Labute approximate surface area is 136 Å². The number of nitrogens with one attached hydrogen (secondary N) is 1. The molecule has 0 fully saturated rings. The lowest BCUT2D eigenvalue weighted by molar-refractivity contribution is -0.146. The van der Waals surface area contributed by atoms with Crippen molar-refractivity contribution in [2.75, 3.05) is 6.61 Å². The van der Waals surface area contributed by atoms with Gasteiger partial charge in [-0.3, -0.25) is 4.79 Å². The molecule has 0 aliphatic heterocycles. The van der Waals surface area contributed by atoms with E-state index in [1.807, 2.05) is 50.2 Å². The Morgan fingerprint density at radius 3 is 2.57 bits per heavy atom. The molecule has 2 aromatic rings. The van der Waals surface area contributed by atoms with Gasteiger partial charge in [0.1, 0.15) is 6.04 Å². The van der Waals surface area contributed by atoms with Crippen LogP contribution in [0.15, 0.2) is 42.5 Å². The molecule has 122 valence electrons. The highest BCUT2D eigenvalue weighted by molar-refractivity contribution is 7.37. The molecule has 0 amide bonds. The summed E-state index contributed by atoms with van der Waals surface area (Å²) in [5.74, 6) is 0.329. The molecule has 0 aliphatic rings. The standard InChI is InChI=1S/C17H21NO4P/c1-12(2)11-21-17(19)13(3)18-23(20)22-16-10-6-8-14-7-4-5-9-15(14)16/h4-10,12-13H,11H2,1-3H3,(H,18,20)/q+1/t13-/m0/s1. The number of carbonyl (C=O) groups excluding carboxylic acids is 1. The third-order valence-corrected chi connectivity index (χ3v) is 4.10. The summed E-state index contributed by atoms with van der Waals surface area (Å²) in [5.41, 5.74) is 0. The molecule has 0 aliphatic carbocycles. The molecule has 0 bridgehead atoms. The third kappa shape index (κ3) is 5.02. The largest absolute Gasteiger partial charge is 0.664 e.